The molecule has 0 aliphatic heterocycles. The van der Waals surface area contributed by atoms with E-state index in [2.05, 4.69) is 21.2 Å². The highest BCUT2D eigenvalue weighted by Crippen LogP contribution is 2.24. The van der Waals surface area contributed by atoms with Gasteiger partial charge in [0, 0.05) is 9.50 Å². The molecule has 0 bridgehead atoms. The standard InChI is InChI=1S/C18H17BrClNO3/c1-2-3-10-24-18(23)14-9-8-12(20)11-16(14)21-17(22)13-6-4-5-7-15(13)19/h4-9,11H,2-3,10H2,1H3,(H,21,22). The number of carbonyl (C=O) groups excluding carboxylic acids is 2. The molecule has 0 fully saturated rings. The Morgan fingerprint density at radius 2 is 1.92 bits per heavy atom. The van der Waals surface area contributed by atoms with Gasteiger partial charge in [0.05, 0.1) is 23.4 Å². The summed E-state index contributed by atoms with van der Waals surface area (Å²) in [4.78, 5) is 24.7. The van der Waals surface area contributed by atoms with Crippen LogP contribution in [0.3, 0.4) is 0 Å². The van der Waals surface area contributed by atoms with Crippen LogP contribution in [0.15, 0.2) is 46.9 Å². The zero-order valence-corrected chi connectivity index (χ0v) is 15.5. The minimum absolute atomic E-state index is 0.274. The summed E-state index contributed by atoms with van der Waals surface area (Å²) in [5.74, 6) is -0.824. The molecule has 4 nitrogen and oxygen atoms in total. The first kappa shape index (κ1) is 18.5. The minimum atomic E-state index is -0.484. The number of hydrogen-bond acceptors (Lipinski definition) is 3. The van der Waals surface area contributed by atoms with Crippen LogP contribution < -0.4 is 5.32 Å². The summed E-state index contributed by atoms with van der Waals surface area (Å²) < 4.78 is 5.88. The predicted molar refractivity (Wildman–Crippen MR) is 98.7 cm³/mol. The maximum atomic E-state index is 12.4. The quantitative estimate of drug-likeness (QED) is 0.518. The van der Waals surface area contributed by atoms with Crippen LogP contribution in [0.2, 0.25) is 5.02 Å². The van der Waals surface area contributed by atoms with Crippen molar-refractivity contribution in [1.29, 1.82) is 0 Å². The molecule has 126 valence electrons. The highest BCUT2D eigenvalue weighted by atomic mass is 79.9. The second kappa shape index (κ2) is 8.85. The lowest BCUT2D eigenvalue weighted by molar-refractivity contribution is 0.0501. The molecule has 24 heavy (non-hydrogen) atoms. The lowest BCUT2D eigenvalue weighted by atomic mass is 10.1. The molecule has 1 amide bonds. The molecule has 0 aliphatic rings. The molecule has 2 aromatic rings. The van der Waals surface area contributed by atoms with Crippen LogP contribution >= 0.6 is 27.5 Å². The van der Waals surface area contributed by atoms with Crippen molar-refractivity contribution in [2.45, 2.75) is 19.8 Å². The van der Waals surface area contributed by atoms with Gasteiger partial charge in [0.25, 0.3) is 5.91 Å². The maximum Gasteiger partial charge on any atom is 0.340 e. The van der Waals surface area contributed by atoms with Crippen molar-refractivity contribution in [1.82, 2.24) is 0 Å². The van der Waals surface area contributed by atoms with Crippen LogP contribution in [0.5, 0.6) is 0 Å². The van der Waals surface area contributed by atoms with Crippen molar-refractivity contribution < 1.29 is 14.3 Å². The first-order chi connectivity index (χ1) is 11.5. The molecule has 0 heterocycles. The number of carbonyl (C=O) groups is 2. The van der Waals surface area contributed by atoms with Crippen LogP contribution in [0, 0.1) is 0 Å². The molecular formula is C18H17BrClNO3. The largest absolute Gasteiger partial charge is 0.462 e. The summed E-state index contributed by atoms with van der Waals surface area (Å²) >= 11 is 9.33. The molecule has 0 unspecified atom stereocenters. The fourth-order valence-electron chi connectivity index (χ4n) is 2.02. The van der Waals surface area contributed by atoms with E-state index in [-0.39, 0.29) is 11.5 Å². The Kier molecular flexibility index (Phi) is 6.82. The first-order valence-electron chi connectivity index (χ1n) is 7.55. The van der Waals surface area contributed by atoms with E-state index >= 15 is 0 Å². The van der Waals surface area contributed by atoms with Gasteiger partial charge in [-0.15, -0.1) is 0 Å². The number of nitrogens with one attached hydrogen (secondary N) is 1. The average Bonchev–Trinajstić information content (AvgIpc) is 2.55. The Labute approximate surface area is 154 Å². The van der Waals surface area contributed by atoms with Gasteiger partial charge in [0.2, 0.25) is 0 Å². The van der Waals surface area contributed by atoms with Crippen molar-refractivity contribution in [3.8, 4) is 0 Å². The molecule has 0 aliphatic carbocycles. The Balaban J connectivity index is 2.23. The van der Waals surface area contributed by atoms with E-state index in [0.717, 1.165) is 12.8 Å². The summed E-state index contributed by atoms with van der Waals surface area (Å²) in [5.41, 5.74) is 1.06. The summed E-state index contributed by atoms with van der Waals surface area (Å²) in [6.07, 6.45) is 1.72. The van der Waals surface area contributed by atoms with Gasteiger partial charge in [-0.25, -0.2) is 4.79 Å². The van der Waals surface area contributed by atoms with E-state index in [1.54, 1.807) is 30.3 Å². The van der Waals surface area contributed by atoms with Gasteiger partial charge in [-0.3, -0.25) is 4.79 Å². The molecular weight excluding hydrogens is 394 g/mol. The lowest BCUT2D eigenvalue weighted by Gasteiger charge is -2.12. The summed E-state index contributed by atoms with van der Waals surface area (Å²) in [6.45, 7) is 2.36. The highest BCUT2D eigenvalue weighted by molar-refractivity contribution is 9.10. The monoisotopic (exact) mass is 409 g/mol. The van der Waals surface area contributed by atoms with Gasteiger partial charge in [0.15, 0.2) is 0 Å². The van der Waals surface area contributed by atoms with Gasteiger partial charge in [0.1, 0.15) is 0 Å². The van der Waals surface area contributed by atoms with Crippen LogP contribution in [-0.2, 0) is 4.74 Å². The highest BCUT2D eigenvalue weighted by Gasteiger charge is 2.17. The van der Waals surface area contributed by atoms with E-state index in [1.807, 2.05) is 13.0 Å². The fraction of sp³-hybridized carbons (Fsp3) is 0.222. The summed E-state index contributed by atoms with van der Waals surface area (Å²) in [7, 11) is 0. The molecule has 0 radical (unpaired) electrons. The molecule has 0 aromatic heterocycles. The Hall–Kier alpha value is -1.85. The van der Waals surface area contributed by atoms with E-state index in [0.29, 0.717) is 27.4 Å². The number of halogens is 2. The van der Waals surface area contributed by atoms with E-state index in [1.165, 1.54) is 6.07 Å². The number of amides is 1. The number of esters is 1. The van der Waals surface area contributed by atoms with Crippen molar-refractivity contribution >= 4 is 45.1 Å². The molecule has 1 N–H and O–H groups in total. The number of unbranched alkanes of at least 4 members (excludes halogenated alkanes) is 1. The molecule has 6 heteroatoms. The van der Waals surface area contributed by atoms with E-state index < -0.39 is 5.97 Å². The van der Waals surface area contributed by atoms with Gasteiger partial charge in [-0.05, 0) is 52.7 Å². The molecule has 0 atom stereocenters. The summed E-state index contributed by atoms with van der Waals surface area (Å²) in [6, 6.07) is 11.7. The second-order valence-corrected chi connectivity index (χ2v) is 6.40. The van der Waals surface area contributed by atoms with Gasteiger partial charge >= 0.3 is 5.97 Å². The number of anilines is 1. The van der Waals surface area contributed by atoms with Gasteiger partial charge in [-0.2, -0.15) is 0 Å². The molecule has 2 rings (SSSR count). The van der Waals surface area contributed by atoms with Crippen molar-refractivity contribution in [3.05, 3.63) is 63.1 Å². The third-order valence-electron chi connectivity index (χ3n) is 3.30. The molecule has 0 saturated carbocycles. The minimum Gasteiger partial charge on any atom is -0.462 e. The van der Waals surface area contributed by atoms with Crippen LogP contribution in [0.4, 0.5) is 5.69 Å². The number of rotatable bonds is 6. The smallest absolute Gasteiger partial charge is 0.340 e. The topological polar surface area (TPSA) is 55.4 Å². The lowest BCUT2D eigenvalue weighted by Crippen LogP contribution is -2.16. The number of hydrogen-bond donors (Lipinski definition) is 1. The van der Waals surface area contributed by atoms with Crippen LogP contribution in [0.25, 0.3) is 0 Å². The van der Waals surface area contributed by atoms with E-state index in [4.69, 9.17) is 16.3 Å². The van der Waals surface area contributed by atoms with Crippen LogP contribution in [0.1, 0.15) is 40.5 Å². The zero-order chi connectivity index (χ0) is 17.5. The van der Waals surface area contributed by atoms with E-state index in [9.17, 15) is 9.59 Å². The maximum absolute atomic E-state index is 12.4. The SMILES string of the molecule is CCCCOC(=O)c1ccc(Cl)cc1NC(=O)c1ccccc1Br. The van der Waals surface area contributed by atoms with Crippen molar-refractivity contribution in [3.63, 3.8) is 0 Å². The third-order valence-corrected chi connectivity index (χ3v) is 4.23. The number of benzene rings is 2. The normalized spacial score (nSPS) is 10.3. The Bertz CT molecular complexity index is 749. The number of ether oxygens (including phenoxy) is 1. The molecule has 2 aromatic carbocycles. The predicted octanol–water partition coefficient (Wildman–Crippen LogP) is 5.31. The van der Waals surface area contributed by atoms with Crippen LogP contribution in [-0.4, -0.2) is 18.5 Å². The molecule has 0 spiro atoms. The van der Waals surface area contributed by atoms with Gasteiger partial charge < -0.3 is 10.1 Å². The van der Waals surface area contributed by atoms with Crippen molar-refractivity contribution in [2.75, 3.05) is 11.9 Å². The zero-order valence-electron chi connectivity index (χ0n) is 13.1. The second-order valence-electron chi connectivity index (χ2n) is 5.11. The average molecular weight is 411 g/mol. The third kappa shape index (κ3) is 4.82. The molecule has 0 saturated heterocycles. The van der Waals surface area contributed by atoms with Crippen molar-refractivity contribution in [2.24, 2.45) is 0 Å². The fourth-order valence-corrected chi connectivity index (χ4v) is 2.66. The summed E-state index contributed by atoms with van der Waals surface area (Å²) in [5, 5.41) is 3.14. The van der Waals surface area contributed by atoms with Gasteiger partial charge in [-0.1, -0.05) is 37.1 Å². The first-order valence-corrected chi connectivity index (χ1v) is 8.72. The Morgan fingerprint density at radius 3 is 2.62 bits per heavy atom. The Morgan fingerprint density at radius 1 is 1.17 bits per heavy atom.